The number of ether oxygens (including phenoxy) is 3. The first-order valence-electron chi connectivity index (χ1n) is 5.30. The van der Waals surface area contributed by atoms with E-state index in [0.717, 1.165) is 0 Å². The van der Waals surface area contributed by atoms with Gasteiger partial charge in [0.2, 0.25) is 0 Å². The molecule has 1 N–H and O–H groups in total. The Hall–Kier alpha value is -1.11. The summed E-state index contributed by atoms with van der Waals surface area (Å²) in [5.41, 5.74) is -0.549. The lowest BCUT2D eigenvalue weighted by atomic mass is 9.97. The highest BCUT2D eigenvalue weighted by Gasteiger charge is 2.33. The average molecular weight is 244 g/mol. The number of aromatic nitrogens is 2. The van der Waals surface area contributed by atoms with Crippen molar-refractivity contribution in [2.75, 3.05) is 21.3 Å². The molecule has 1 aromatic rings. The van der Waals surface area contributed by atoms with E-state index in [4.69, 9.17) is 14.2 Å². The lowest BCUT2D eigenvalue weighted by Gasteiger charge is -2.27. The molecule has 0 aliphatic rings. The molecule has 0 aliphatic heterocycles. The van der Waals surface area contributed by atoms with Crippen molar-refractivity contribution in [1.82, 2.24) is 9.78 Å². The van der Waals surface area contributed by atoms with Crippen LogP contribution < -0.4 is 4.74 Å². The molecule has 0 fully saturated rings. The first-order chi connectivity index (χ1) is 7.96. The molecular weight excluding hydrogens is 224 g/mol. The number of aliphatic hydroxyl groups is 1. The van der Waals surface area contributed by atoms with Crippen molar-refractivity contribution in [2.24, 2.45) is 7.05 Å². The summed E-state index contributed by atoms with van der Waals surface area (Å²) in [7, 11) is 6.36. The second-order valence-electron chi connectivity index (χ2n) is 4.06. The molecule has 0 aliphatic carbocycles. The van der Waals surface area contributed by atoms with E-state index >= 15 is 0 Å². The van der Waals surface area contributed by atoms with Crippen LogP contribution in [0.3, 0.4) is 0 Å². The molecule has 98 valence electrons. The first-order valence-corrected chi connectivity index (χ1v) is 5.30. The molecule has 0 amide bonds. The van der Waals surface area contributed by atoms with Crippen LogP contribution in [0.4, 0.5) is 0 Å². The second-order valence-corrected chi connectivity index (χ2v) is 4.06. The summed E-state index contributed by atoms with van der Waals surface area (Å²) in [5, 5.41) is 14.6. The van der Waals surface area contributed by atoms with Crippen molar-refractivity contribution in [3.63, 3.8) is 0 Å². The molecule has 0 aromatic carbocycles. The third-order valence-corrected chi connectivity index (χ3v) is 2.73. The van der Waals surface area contributed by atoms with Crippen LogP contribution in [0.2, 0.25) is 0 Å². The topological polar surface area (TPSA) is 65.7 Å². The summed E-state index contributed by atoms with van der Waals surface area (Å²) in [4.78, 5) is 0. The number of aryl methyl sites for hydroxylation is 1. The fourth-order valence-electron chi connectivity index (χ4n) is 1.86. The van der Waals surface area contributed by atoms with Gasteiger partial charge < -0.3 is 19.3 Å². The maximum Gasteiger partial charge on any atom is 0.162 e. The predicted molar refractivity (Wildman–Crippen MR) is 61.8 cm³/mol. The Morgan fingerprint density at radius 3 is 2.47 bits per heavy atom. The average Bonchev–Trinajstić information content (AvgIpc) is 2.68. The van der Waals surface area contributed by atoms with Gasteiger partial charge in [0, 0.05) is 27.7 Å². The maximum absolute atomic E-state index is 10.5. The molecule has 0 spiro atoms. The van der Waals surface area contributed by atoms with E-state index in [1.165, 1.54) is 14.2 Å². The summed E-state index contributed by atoms with van der Waals surface area (Å²) in [6.45, 7) is 1.68. The van der Waals surface area contributed by atoms with Crippen molar-refractivity contribution in [2.45, 2.75) is 25.2 Å². The van der Waals surface area contributed by atoms with Crippen molar-refractivity contribution in [3.8, 4) is 5.75 Å². The zero-order chi connectivity index (χ0) is 13.1. The van der Waals surface area contributed by atoms with Gasteiger partial charge >= 0.3 is 0 Å². The highest BCUT2D eigenvalue weighted by atomic mass is 16.7. The third kappa shape index (κ3) is 2.96. The van der Waals surface area contributed by atoms with Gasteiger partial charge in [-0.1, -0.05) is 0 Å². The summed E-state index contributed by atoms with van der Waals surface area (Å²) < 4.78 is 16.9. The monoisotopic (exact) mass is 244 g/mol. The van der Waals surface area contributed by atoms with Crippen LogP contribution in [0, 0.1) is 0 Å². The molecule has 0 saturated carbocycles. The maximum atomic E-state index is 10.5. The summed E-state index contributed by atoms with van der Waals surface area (Å²) >= 11 is 0. The molecule has 1 atom stereocenters. The van der Waals surface area contributed by atoms with Gasteiger partial charge in [0.15, 0.2) is 12.0 Å². The Morgan fingerprint density at radius 1 is 1.41 bits per heavy atom. The van der Waals surface area contributed by atoms with E-state index < -0.39 is 11.9 Å². The summed E-state index contributed by atoms with van der Waals surface area (Å²) in [5.74, 6) is 0.545. The zero-order valence-corrected chi connectivity index (χ0v) is 10.9. The van der Waals surface area contributed by atoms with Gasteiger partial charge in [0.1, 0.15) is 11.3 Å². The largest absolute Gasteiger partial charge is 0.493 e. The van der Waals surface area contributed by atoms with Crippen LogP contribution in [-0.4, -0.2) is 42.5 Å². The molecule has 1 aromatic heterocycles. The minimum Gasteiger partial charge on any atom is -0.493 e. The predicted octanol–water partition coefficient (Wildman–Crippen LogP) is 0.645. The van der Waals surface area contributed by atoms with Crippen molar-refractivity contribution >= 4 is 0 Å². The molecule has 0 bridgehead atoms. The van der Waals surface area contributed by atoms with Crippen LogP contribution in [0.15, 0.2) is 6.20 Å². The zero-order valence-electron chi connectivity index (χ0n) is 10.9. The van der Waals surface area contributed by atoms with E-state index in [1.54, 1.807) is 32.0 Å². The fraction of sp³-hybridized carbons (Fsp3) is 0.727. The van der Waals surface area contributed by atoms with Crippen molar-refractivity contribution < 1.29 is 19.3 Å². The highest BCUT2D eigenvalue weighted by Crippen LogP contribution is 2.33. The van der Waals surface area contributed by atoms with Gasteiger partial charge in [-0.25, -0.2) is 0 Å². The van der Waals surface area contributed by atoms with Crippen molar-refractivity contribution in [3.05, 3.63) is 11.9 Å². The van der Waals surface area contributed by atoms with E-state index in [0.29, 0.717) is 11.4 Å². The smallest absolute Gasteiger partial charge is 0.162 e. The molecule has 1 rings (SSSR count). The van der Waals surface area contributed by atoms with Crippen LogP contribution in [-0.2, 0) is 22.1 Å². The van der Waals surface area contributed by atoms with E-state index in [2.05, 4.69) is 5.10 Å². The Bertz CT molecular complexity index is 358. The number of nitrogens with zero attached hydrogens (tertiary/aromatic N) is 2. The van der Waals surface area contributed by atoms with E-state index in [9.17, 15) is 5.11 Å². The molecule has 0 saturated heterocycles. The van der Waals surface area contributed by atoms with Gasteiger partial charge in [-0.3, -0.25) is 4.68 Å². The van der Waals surface area contributed by atoms with Gasteiger partial charge in [-0.05, 0) is 6.92 Å². The number of hydrogen-bond donors (Lipinski definition) is 1. The van der Waals surface area contributed by atoms with Gasteiger partial charge in [0.25, 0.3) is 0 Å². The minimum absolute atomic E-state index is 0.288. The van der Waals surface area contributed by atoms with Crippen LogP contribution in [0.1, 0.15) is 19.0 Å². The Labute approximate surface area is 101 Å². The summed E-state index contributed by atoms with van der Waals surface area (Å²) in [6, 6.07) is 0. The van der Waals surface area contributed by atoms with Crippen molar-refractivity contribution in [1.29, 1.82) is 0 Å². The Kier molecular flexibility index (Phi) is 4.50. The third-order valence-electron chi connectivity index (χ3n) is 2.73. The Morgan fingerprint density at radius 2 is 2.00 bits per heavy atom. The molecule has 6 heteroatoms. The molecule has 0 radical (unpaired) electrons. The van der Waals surface area contributed by atoms with Gasteiger partial charge in [-0.2, -0.15) is 5.10 Å². The quantitative estimate of drug-likeness (QED) is 0.744. The Balaban J connectivity index is 2.98. The SMILES string of the molecule is COc1cnn(C)c1C(C)(O)CC(OC)OC. The van der Waals surface area contributed by atoms with E-state index in [-0.39, 0.29) is 6.42 Å². The lowest BCUT2D eigenvalue weighted by Crippen LogP contribution is -2.32. The van der Waals surface area contributed by atoms with Gasteiger partial charge in [-0.15, -0.1) is 0 Å². The molecular formula is C11H20N2O4. The minimum atomic E-state index is -1.15. The van der Waals surface area contributed by atoms with E-state index in [1.807, 2.05) is 0 Å². The number of methoxy groups -OCH3 is 3. The van der Waals surface area contributed by atoms with Gasteiger partial charge in [0.05, 0.1) is 13.3 Å². The standard InChI is InChI=1S/C11H20N2O4/c1-11(14,6-9(16-4)17-5)10-8(15-3)7-12-13(10)2/h7,9,14H,6H2,1-5H3. The van der Waals surface area contributed by atoms with Crippen LogP contribution >= 0.6 is 0 Å². The lowest BCUT2D eigenvalue weighted by molar-refractivity contribution is -0.143. The molecule has 17 heavy (non-hydrogen) atoms. The normalized spacial score (nSPS) is 15.0. The number of rotatable bonds is 6. The molecule has 1 unspecified atom stereocenters. The number of hydrogen-bond acceptors (Lipinski definition) is 5. The first kappa shape index (κ1) is 14.0. The molecule has 6 nitrogen and oxygen atoms in total. The summed E-state index contributed by atoms with van der Waals surface area (Å²) in [6.07, 6.45) is 1.37. The molecule has 1 heterocycles. The second kappa shape index (κ2) is 5.48. The van der Waals surface area contributed by atoms with Crippen LogP contribution in [0.25, 0.3) is 0 Å². The highest BCUT2D eigenvalue weighted by molar-refractivity contribution is 5.30. The fourth-order valence-corrected chi connectivity index (χ4v) is 1.86. The van der Waals surface area contributed by atoms with Crippen LogP contribution in [0.5, 0.6) is 5.75 Å².